The smallest absolute Gasteiger partial charge is 0.338 e. The molecule has 51 heavy (non-hydrogen) atoms. The molecule has 0 bridgehead atoms. The minimum atomic E-state index is -0.509. The van der Waals surface area contributed by atoms with Gasteiger partial charge in [-0.15, -0.1) is 11.3 Å². The highest BCUT2D eigenvalue weighted by Gasteiger charge is 2.70. The summed E-state index contributed by atoms with van der Waals surface area (Å²) in [6, 6.07) is 12.6. The van der Waals surface area contributed by atoms with Crippen LogP contribution < -0.4 is 0 Å². The van der Waals surface area contributed by atoms with Gasteiger partial charge in [0.1, 0.15) is 16.5 Å². The molecule has 4 heteroatoms. The molecule has 5 aliphatic carbocycles. The molecule has 4 fully saturated rings. The highest BCUT2D eigenvalue weighted by molar-refractivity contribution is 7.10. The van der Waals surface area contributed by atoms with Gasteiger partial charge in [-0.25, -0.2) is 4.79 Å². The van der Waals surface area contributed by atoms with Crippen LogP contribution in [-0.2, 0) is 4.74 Å². The first-order chi connectivity index (χ1) is 23.9. The van der Waals surface area contributed by atoms with Crippen molar-refractivity contribution in [2.45, 2.75) is 126 Å². The van der Waals surface area contributed by atoms with Crippen LogP contribution in [0.4, 0.5) is 0 Å². The molecule has 2 aromatic rings. The number of hydrogen-bond acceptors (Lipinski definition) is 4. The minimum absolute atomic E-state index is 0.0102. The SMILES string of the molecule is C=C(C)[C@@H]1CC[C@]2(C#Cc3ccsc3C#N)CC[C@]3(C)[C@H](CC[C@@H]4[C@@]5(C)CC=C(c6ccc(C(=O)OC(C)(C)C)cc6)C(C)(C)[C@@H]5CC[C@]43C)[C@@H]12. The van der Waals surface area contributed by atoms with Gasteiger partial charge in [-0.1, -0.05) is 76.8 Å². The number of nitrogens with zero attached hydrogens (tertiary/aromatic N) is 1. The lowest BCUT2D eigenvalue weighted by Crippen LogP contribution is -2.65. The molecule has 1 heterocycles. The van der Waals surface area contributed by atoms with Crippen molar-refractivity contribution in [1.29, 1.82) is 5.26 Å². The number of nitriles is 1. The minimum Gasteiger partial charge on any atom is -0.456 e. The largest absolute Gasteiger partial charge is 0.456 e. The summed E-state index contributed by atoms with van der Waals surface area (Å²) < 4.78 is 5.65. The first kappa shape index (κ1) is 36.3. The number of thiophene rings is 1. The summed E-state index contributed by atoms with van der Waals surface area (Å²) in [6.07, 6.45) is 13.5. The van der Waals surface area contributed by atoms with E-state index in [2.05, 4.69) is 84.2 Å². The van der Waals surface area contributed by atoms with Gasteiger partial charge in [0.15, 0.2) is 0 Å². The van der Waals surface area contributed by atoms with Crippen LogP contribution in [-0.4, -0.2) is 11.6 Å². The van der Waals surface area contributed by atoms with Crippen LogP contribution >= 0.6 is 11.3 Å². The van der Waals surface area contributed by atoms with Crippen molar-refractivity contribution < 1.29 is 9.53 Å². The van der Waals surface area contributed by atoms with E-state index in [0.717, 1.165) is 29.7 Å². The summed E-state index contributed by atoms with van der Waals surface area (Å²) in [5.41, 5.74) is 5.82. The zero-order valence-electron chi connectivity index (χ0n) is 32.7. The van der Waals surface area contributed by atoms with Crippen molar-refractivity contribution in [1.82, 2.24) is 0 Å². The topological polar surface area (TPSA) is 50.1 Å². The Morgan fingerprint density at radius 2 is 1.65 bits per heavy atom. The Morgan fingerprint density at radius 1 is 0.922 bits per heavy atom. The van der Waals surface area contributed by atoms with E-state index in [9.17, 15) is 10.1 Å². The molecule has 0 N–H and O–H groups in total. The second-order valence-corrected chi connectivity index (χ2v) is 20.4. The van der Waals surface area contributed by atoms with Crippen LogP contribution in [0.2, 0.25) is 0 Å². The Balaban J connectivity index is 1.20. The van der Waals surface area contributed by atoms with Crippen molar-refractivity contribution >= 4 is 22.9 Å². The van der Waals surface area contributed by atoms with E-state index in [1.807, 2.05) is 44.4 Å². The average molecular weight is 702 g/mol. The van der Waals surface area contributed by atoms with Crippen LogP contribution in [0.3, 0.4) is 0 Å². The fraction of sp³-hybridized carbons (Fsp3) is 0.617. The number of hydrogen-bond donors (Lipinski definition) is 0. The van der Waals surface area contributed by atoms with Crippen LogP contribution in [0.15, 0.2) is 53.9 Å². The predicted molar refractivity (Wildman–Crippen MR) is 210 cm³/mol. The molecule has 0 radical (unpaired) electrons. The molecule has 9 atom stereocenters. The second kappa shape index (κ2) is 12.2. The molecule has 5 aliphatic rings. The molecule has 1 aromatic heterocycles. The van der Waals surface area contributed by atoms with Crippen molar-refractivity contribution in [3.05, 3.63) is 75.5 Å². The molecule has 7 rings (SSSR count). The summed E-state index contributed by atoms with van der Waals surface area (Å²) in [5, 5.41) is 11.7. The number of rotatable bonds is 3. The number of ether oxygens (including phenoxy) is 1. The van der Waals surface area contributed by atoms with E-state index in [1.54, 1.807) is 0 Å². The normalized spacial score (nSPS) is 38.0. The average Bonchev–Trinajstić information content (AvgIpc) is 3.68. The van der Waals surface area contributed by atoms with Crippen LogP contribution in [0.1, 0.15) is 146 Å². The third kappa shape index (κ3) is 5.52. The predicted octanol–water partition coefficient (Wildman–Crippen LogP) is 12.3. The van der Waals surface area contributed by atoms with E-state index >= 15 is 0 Å². The van der Waals surface area contributed by atoms with Gasteiger partial charge in [-0.05, 0) is 171 Å². The fourth-order valence-electron chi connectivity index (χ4n) is 13.3. The van der Waals surface area contributed by atoms with Gasteiger partial charge in [0.05, 0.1) is 11.1 Å². The van der Waals surface area contributed by atoms with Crippen molar-refractivity contribution in [2.24, 2.45) is 56.7 Å². The Morgan fingerprint density at radius 3 is 2.31 bits per heavy atom. The monoisotopic (exact) mass is 701 g/mol. The highest BCUT2D eigenvalue weighted by Crippen LogP contribution is 2.77. The lowest BCUT2D eigenvalue weighted by atomic mass is 9.32. The Hall–Kier alpha value is -3.08. The molecule has 0 saturated heterocycles. The van der Waals surface area contributed by atoms with Crippen LogP contribution in [0.25, 0.3) is 5.57 Å². The molecule has 4 saturated carbocycles. The highest BCUT2D eigenvalue weighted by atomic mass is 32.1. The summed E-state index contributed by atoms with van der Waals surface area (Å²) in [6.45, 7) is 25.6. The van der Waals surface area contributed by atoms with Crippen LogP contribution in [0, 0.1) is 79.8 Å². The van der Waals surface area contributed by atoms with Gasteiger partial charge in [0.2, 0.25) is 0 Å². The number of fused-ring (bicyclic) bond motifs is 7. The van der Waals surface area contributed by atoms with E-state index in [1.165, 1.54) is 66.6 Å². The second-order valence-electron chi connectivity index (χ2n) is 19.5. The number of esters is 1. The third-order valence-electron chi connectivity index (χ3n) is 15.7. The van der Waals surface area contributed by atoms with E-state index in [0.29, 0.717) is 35.2 Å². The van der Waals surface area contributed by atoms with E-state index in [-0.39, 0.29) is 33.0 Å². The van der Waals surface area contributed by atoms with Gasteiger partial charge < -0.3 is 4.74 Å². The lowest BCUT2D eigenvalue weighted by molar-refractivity contribution is -0.220. The number of allylic oxidation sites excluding steroid dienone is 3. The number of carbonyl (C=O) groups is 1. The molecule has 0 unspecified atom stereocenters. The van der Waals surface area contributed by atoms with E-state index < -0.39 is 5.60 Å². The summed E-state index contributed by atoms with van der Waals surface area (Å²) in [4.78, 5) is 13.5. The third-order valence-corrected chi connectivity index (χ3v) is 16.5. The van der Waals surface area contributed by atoms with Gasteiger partial charge >= 0.3 is 5.97 Å². The summed E-state index contributed by atoms with van der Waals surface area (Å²) >= 11 is 1.51. The number of benzene rings is 1. The standard InChI is InChI=1S/C47H59NO2S/c1-30(2)34-18-25-47(24-17-32-21-28-51-37(32)29-48)27-26-45(9)36(40(34)47)15-16-39-44(8)22-19-35(43(6,7)38(44)20-23-46(39,45)10)31-11-13-33(14-12-31)41(49)50-42(3,4)5/h11-14,19,21,28,34,36,38-40H,1,15-16,18,20,22-23,25-27H2,2-10H3/t34-,36+,38-,39+,40+,44-,45+,46+,47+/m0/s1. The van der Waals surface area contributed by atoms with Crippen LogP contribution in [0.5, 0.6) is 0 Å². The lowest BCUT2D eigenvalue weighted by Gasteiger charge is -2.72. The Labute approximate surface area is 312 Å². The Kier molecular flexibility index (Phi) is 8.71. The summed E-state index contributed by atoms with van der Waals surface area (Å²) in [5.74, 6) is 10.2. The molecular weight excluding hydrogens is 643 g/mol. The maximum Gasteiger partial charge on any atom is 0.338 e. The number of carbonyl (C=O) groups excluding carboxylic acids is 1. The van der Waals surface area contributed by atoms with Gasteiger partial charge in [-0.3, -0.25) is 0 Å². The zero-order chi connectivity index (χ0) is 36.8. The molecule has 1 aromatic carbocycles. The van der Waals surface area contributed by atoms with Gasteiger partial charge in [0.25, 0.3) is 0 Å². The summed E-state index contributed by atoms with van der Waals surface area (Å²) in [7, 11) is 0. The molecule has 0 amide bonds. The Bertz CT molecular complexity index is 1870. The maximum absolute atomic E-state index is 12.8. The first-order valence-corrected chi connectivity index (χ1v) is 20.5. The quantitative estimate of drug-likeness (QED) is 0.182. The van der Waals surface area contributed by atoms with Crippen molar-refractivity contribution in [3.63, 3.8) is 0 Å². The van der Waals surface area contributed by atoms with E-state index in [4.69, 9.17) is 4.74 Å². The first-order valence-electron chi connectivity index (χ1n) is 19.6. The molecular formula is C47H59NO2S. The molecule has 0 spiro atoms. The maximum atomic E-state index is 12.8. The fourth-order valence-corrected chi connectivity index (χ4v) is 13.9. The van der Waals surface area contributed by atoms with Crippen molar-refractivity contribution in [3.8, 4) is 17.9 Å². The van der Waals surface area contributed by atoms with Crippen molar-refractivity contribution in [2.75, 3.05) is 0 Å². The molecule has 0 aliphatic heterocycles. The van der Waals surface area contributed by atoms with Gasteiger partial charge in [0, 0.05) is 5.41 Å². The molecule has 3 nitrogen and oxygen atoms in total. The zero-order valence-corrected chi connectivity index (χ0v) is 33.5. The van der Waals surface area contributed by atoms with Gasteiger partial charge in [-0.2, -0.15) is 5.26 Å². The molecule has 270 valence electrons.